The maximum atomic E-state index is 12.1. The average molecular weight is 364 g/mol. The molecule has 0 saturated heterocycles. The number of esters is 1. The van der Waals surface area contributed by atoms with Crippen LogP contribution in [0, 0.1) is 0 Å². The number of hydrogen-bond acceptors (Lipinski definition) is 6. The molecular formula is C16H14ClN3O3S. The molecule has 3 rings (SSSR count). The molecule has 1 aromatic carbocycles. The molecule has 0 fully saturated rings. The van der Waals surface area contributed by atoms with Gasteiger partial charge in [-0.25, -0.2) is 9.78 Å². The molecule has 24 heavy (non-hydrogen) atoms. The molecule has 2 aromatic heterocycles. The molecule has 0 radical (unpaired) electrons. The first-order valence-corrected chi connectivity index (χ1v) is 8.57. The fourth-order valence-corrected chi connectivity index (χ4v) is 3.24. The molecule has 8 heteroatoms. The van der Waals surface area contributed by atoms with Crippen LogP contribution >= 0.6 is 22.9 Å². The third-order valence-electron chi connectivity index (χ3n) is 3.23. The number of carbonyl (C=O) groups excluding carboxylic acids is 1. The maximum Gasteiger partial charge on any atom is 0.338 e. The van der Waals surface area contributed by atoms with Crippen molar-refractivity contribution in [1.82, 2.24) is 14.6 Å². The molecule has 0 aliphatic rings. The van der Waals surface area contributed by atoms with Gasteiger partial charge in [0.05, 0.1) is 11.3 Å². The van der Waals surface area contributed by atoms with Crippen molar-refractivity contribution in [2.75, 3.05) is 0 Å². The van der Waals surface area contributed by atoms with Crippen molar-refractivity contribution < 1.29 is 9.53 Å². The summed E-state index contributed by atoms with van der Waals surface area (Å²) in [5.74, 6) is -0.496. The van der Waals surface area contributed by atoms with Crippen molar-refractivity contribution in [2.24, 2.45) is 0 Å². The number of benzene rings is 1. The Kier molecular flexibility index (Phi) is 4.92. The monoisotopic (exact) mass is 363 g/mol. The van der Waals surface area contributed by atoms with Crippen molar-refractivity contribution >= 4 is 33.9 Å². The van der Waals surface area contributed by atoms with Crippen LogP contribution in [0.15, 0.2) is 35.1 Å². The number of carbonyl (C=O) groups is 1. The number of aromatic nitrogens is 3. The van der Waals surface area contributed by atoms with Crippen LogP contribution in [0.4, 0.5) is 0 Å². The number of aryl methyl sites for hydroxylation is 1. The van der Waals surface area contributed by atoms with Crippen molar-refractivity contribution in [3.8, 4) is 0 Å². The Morgan fingerprint density at radius 3 is 2.79 bits per heavy atom. The van der Waals surface area contributed by atoms with Gasteiger partial charge in [-0.3, -0.25) is 4.79 Å². The normalized spacial score (nSPS) is 10.9. The van der Waals surface area contributed by atoms with E-state index in [1.165, 1.54) is 21.9 Å². The van der Waals surface area contributed by atoms with Crippen LogP contribution < -0.4 is 5.56 Å². The Bertz CT molecular complexity index is 934. The van der Waals surface area contributed by atoms with Gasteiger partial charge in [-0.05, 0) is 30.7 Å². The van der Waals surface area contributed by atoms with Gasteiger partial charge in [-0.15, -0.1) is 0 Å². The number of fused-ring (bicyclic) bond motifs is 1. The lowest BCUT2D eigenvalue weighted by molar-refractivity contribution is 0.0468. The third kappa shape index (κ3) is 3.63. The Morgan fingerprint density at radius 2 is 2.08 bits per heavy atom. The third-order valence-corrected chi connectivity index (χ3v) is 4.46. The van der Waals surface area contributed by atoms with Gasteiger partial charge in [0, 0.05) is 17.5 Å². The fourth-order valence-electron chi connectivity index (χ4n) is 2.09. The molecule has 0 N–H and O–H groups in total. The van der Waals surface area contributed by atoms with Gasteiger partial charge in [0.25, 0.3) is 5.56 Å². The summed E-state index contributed by atoms with van der Waals surface area (Å²) in [6.45, 7) is 1.97. The standard InChI is InChI=1S/C16H14ClN3O3S/c1-2-3-13-19-20-14(21)8-12(18-16(20)24-13)9-23-15(22)10-4-6-11(17)7-5-10/h4-8H,2-3,9H2,1H3. The smallest absolute Gasteiger partial charge is 0.338 e. The van der Waals surface area contributed by atoms with E-state index in [4.69, 9.17) is 16.3 Å². The molecule has 3 aromatic rings. The van der Waals surface area contributed by atoms with Gasteiger partial charge in [0.15, 0.2) is 0 Å². The highest BCUT2D eigenvalue weighted by atomic mass is 35.5. The van der Waals surface area contributed by atoms with Crippen molar-refractivity contribution in [2.45, 2.75) is 26.4 Å². The first-order valence-electron chi connectivity index (χ1n) is 7.38. The summed E-state index contributed by atoms with van der Waals surface area (Å²) in [6, 6.07) is 7.72. The van der Waals surface area contributed by atoms with Crippen LogP contribution in [0.3, 0.4) is 0 Å². The van der Waals surface area contributed by atoms with E-state index in [0.29, 0.717) is 21.2 Å². The minimum atomic E-state index is -0.496. The lowest BCUT2D eigenvalue weighted by Gasteiger charge is -2.04. The topological polar surface area (TPSA) is 73.6 Å². The number of hydrogen-bond donors (Lipinski definition) is 0. The summed E-state index contributed by atoms with van der Waals surface area (Å²) in [4.78, 5) is 28.9. The molecule has 0 unspecified atom stereocenters. The zero-order valence-electron chi connectivity index (χ0n) is 12.9. The highest BCUT2D eigenvalue weighted by Gasteiger charge is 2.11. The molecule has 124 valence electrons. The van der Waals surface area contributed by atoms with Crippen LogP contribution in [0.2, 0.25) is 5.02 Å². The average Bonchev–Trinajstić information content (AvgIpc) is 2.97. The second-order valence-corrected chi connectivity index (χ2v) is 6.59. The lowest BCUT2D eigenvalue weighted by Crippen LogP contribution is -2.16. The highest BCUT2D eigenvalue weighted by Crippen LogP contribution is 2.14. The Morgan fingerprint density at radius 1 is 1.33 bits per heavy atom. The molecule has 0 aliphatic heterocycles. The molecule has 0 atom stereocenters. The zero-order chi connectivity index (χ0) is 17.1. The molecular weight excluding hydrogens is 350 g/mol. The Hall–Kier alpha value is -2.25. The van der Waals surface area contributed by atoms with Crippen molar-refractivity contribution in [3.63, 3.8) is 0 Å². The van der Waals surface area contributed by atoms with Gasteiger partial charge in [-0.2, -0.15) is 9.61 Å². The predicted octanol–water partition coefficient (Wildman–Crippen LogP) is 3.11. The quantitative estimate of drug-likeness (QED) is 0.651. The van der Waals surface area contributed by atoms with E-state index in [9.17, 15) is 9.59 Å². The molecule has 0 spiro atoms. The second kappa shape index (κ2) is 7.11. The van der Waals surface area contributed by atoms with E-state index in [-0.39, 0.29) is 12.2 Å². The van der Waals surface area contributed by atoms with Gasteiger partial charge in [0.2, 0.25) is 4.96 Å². The van der Waals surface area contributed by atoms with E-state index in [2.05, 4.69) is 10.1 Å². The molecule has 0 aliphatic carbocycles. The largest absolute Gasteiger partial charge is 0.456 e. The molecule has 0 bridgehead atoms. The number of halogens is 1. The molecule has 0 amide bonds. The summed E-state index contributed by atoms with van der Waals surface area (Å²) < 4.78 is 6.48. The van der Waals surface area contributed by atoms with E-state index >= 15 is 0 Å². The summed E-state index contributed by atoms with van der Waals surface area (Å²) >= 11 is 7.15. The maximum absolute atomic E-state index is 12.1. The molecule has 2 heterocycles. The minimum Gasteiger partial charge on any atom is -0.456 e. The van der Waals surface area contributed by atoms with Crippen molar-refractivity contribution in [3.05, 3.63) is 62.0 Å². The Balaban J connectivity index is 1.76. The summed E-state index contributed by atoms with van der Waals surface area (Å²) in [6.07, 6.45) is 1.74. The second-order valence-electron chi connectivity index (χ2n) is 5.11. The first kappa shape index (κ1) is 16.6. The fraction of sp³-hybridized carbons (Fsp3) is 0.250. The first-order chi connectivity index (χ1) is 11.6. The number of nitrogens with zero attached hydrogens (tertiary/aromatic N) is 3. The van der Waals surface area contributed by atoms with Gasteiger partial charge in [0.1, 0.15) is 11.6 Å². The van der Waals surface area contributed by atoms with Crippen LogP contribution in [0.5, 0.6) is 0 Å². The molecule has 0 saturated carbocycles. The number of rotatable bonds is 5. The summed E-state index contributed by atoms with van der Waals surface area (Å²) in [5.41, 5.74) is 0.505. The predicted molar refractivity (Wildman–Crippen MR) is 91.7 cm³/mol. The number of ether oxygens (including phenoxy) is 1. The zero-order valence-corrected chi connectivity index (χ0v) is 14.4. The Labute approximate surface area is 146 Å². The molecule has 6 nitrogen and oxygen atoms in total. The highest BCUT2D eigenvalue weighted by molar-refractivity contribution is 7.16. The van der Waals surface area contributed by atoms with E-state index in [1.54, 1.807) is 24.3 Å². The van der Waals surface area contributed by atoms with Gasteiger partial charge in [-0.1, -0.05) is 29.9 Å². The van der Waals surface area contributed by atoms with Gasteiger partial charge >= 0.3 is 5.97 Å². The van der Waals surface area contributed by atoms with Crippen LogP contribution in [0.25, 0.3) is 4.96 Å². The minimum absolute atomic E-state index is 0.0752. The lowest BCUT2D eigenvalue weighted by atomic mass is 10.2. The van der Waals surface area contributed by atoms with Crippen molar-refractivity contribution in [1.29, 1.82) is 0 Å². The van der Waals surface area contributed by atoms with Crippen LogP contribution in [-0.2, 0) is 17.8 Å². The van der Waals surface area contributed by atoms with E-state index in [0.717, 1.165) is 17.8 Å². The van der Waals surface area contributed by atoms with E-state index < -0.39 is 5.97 Å². The van der Waals surface area contributed by atoms with E-state index in [1.807, 2.05) is 6.92 Å². The summed E-state index contributed by atoms with van der Waals surface area (Å²) in [5, 5.41) is 5.63. The van der Waals surface area contributed by atoms with Crippen LogP contribution in [-0.4, -0.2) is 20.6 Å². The van der Waals surface area contributed by atoms with Crippen LogP contribution in [0.1, 0.15) is 34.4 Å². The van der Waals surface area contributed by atoms with Gasteiger partial charge < -0.3 is 4.74 Å². The SMILES string of the molecule is CCCc1nn2c(=O)cc(COC(=O)c3ccc(Cl)cc3)nc2s1. The summed E-state index contributed by atoms with van der Waals surface area (Å²) in [7, 11) is 0.